The number of halogens is 6. The van der Waals surface area contributed by atoms with Crippen molar-refractivity contribution in [1.29, 1.82) is 0 Å². The first-order valence-electron chi connectivity index (χ1n) is 5.63. The van der Waals surface area contributed by atoms with E-state index in [1.807, 2.05) is 0 Å². The fourth-order valence-electron chi connectivity index (χ4n) is 1.30. The van der Waals surface area contributed by atoms with E-state index in [1.165, 1.54) is 14.0 Å². The third kappa shape index (κ3) is 6.42. The van der Waals surface area contributed by atoms with Crippen LogP contribution in [0.2, 0.25) is 0 Å². The van der Waals surface area contributed by atoms with Crippen molar-refractivity contribution in [2.24, 2.45) is 0 Å². The average Bonchev–Trinajstić information content (AvgIpc) is 2.25. The van der Waals surface area contributed by atoms with Crippen LogP contribution in [-0.4, -0.2) is 50.7 Å². The molecule has 0 radical (unpaired) electrons. The molecule has 0 rings (SSSR count). The summed E-state index contributed by atoms with van der Waals surface area (Å²) in [5.41, 5.74) is 0. The minimum Gasteiger partial charge on any atom is -0.465 e. The predicted molar refractivity (Wildman–Crippen MR) is 55.9 cm³/mol. The van der Waals surface area contributed by atoms with Gasteiger partial charge >= 0.3 is 18.3 Å². The van der Waals surface area contributed by atoms with Gasteiger partial charge in [-0.3, -0.25) is 4.79 Å². The number of rotatable bonds is 7. The molecule has 0 aliphatic carbocycles. The van der Waals surface area contributed by atoms with E-state index in [1.54, 1.807) is 0 Å². The molecule has 0 aromatic carbocycles. The highest BCUT2D eigenvalue weighted by Crippen LogP contribution is 2.35. The Bertz CT molecular complexity index is 290. The summed E-state index contributed by atoms with van der Waals surface area (Å²) in [4.78, 5) is 11.3. The fourth-order valence-corrected chi connectivity index (χ4v) is 1.30. The molecule has 0 aliphatic heterocycles. The molecule has 0 aromatic heterocycles. The van der Waals surface area contributed by atoms with E-state index in [-0.39, 0.29) is 13.0 Å². The highest BCUT2D eigenvalue weighted by Gasteiger charge is 2.57. The second-order valence-electron chi connectivity index (χ2n) is 3.72. The predicted octanol–water partition coefficient (Wildman–Crippen LogP) is 2.04. The zero-order valence-electron chi connectivity index (χ0n) is 10.8. The van der Waals surface area contributed by atoms with Crippen LogP contribution < -0.4 is 5.32 Å². The maximum absolute atomic E-state index is 12.1. The van der Waals surface area contributed by atoms with Gasteiger partial charge in [0, 0.05) is 6.61 Å². The molecule has 0 saturated carbocycles. The summed E-state index contributed by atoms with van der Waals surface area (Å²) in [7, 11) is 1.33. The standard InChI is InChI=1S/C10H15F6NO3/c1-3-19-7(18)6(17-2)4-5-20-8(9(11,12)13)10(14,15)16/h6,8,17H,3-5H2,1-2H3. The van der Waals surface area contributed by atoms with E-state index >= 15 is 0 Å². The number of hydrogen-bond donors (Lipinski definition) is 1. The lowest BCUT2D eigenvalue weighted by molar-refractivity contribution is -0.321. The molecule has 0 saturated heterocycles. The first kappa shape index (κ1) is 19.0. The lowest BCUT2D eigenvalue weighted by Crippen LogP contribution is -2.45. The van der Waals surface area contributed by atoms with Crippen molar-refractivity contribution in [1.82, 2.24) is 5.32 Å². The van der Waals surface area contributed by atoms with Crippen LogP contribution in [0.5, 0.6) is 0 Å². The molecule has 0 heterocycles. The summed E-state index contributed by atoms with van der Waals surface area (Å²) in [6, 6.07) is -1.03. The van der Waals surface area contributed by atoms with Crippen molar-refractivity contribution in [3.63, 3.8) is 0 Å². The topological polar surface area (TPSA) is 47.6 Å². The van der Waals surface area contributed by atoms with Gasteiger partial charge in [-0.2, -0.15) is 26.3 Å². The Hall–Kier alpha value is -1.03. The van der Waals surface area contributed by atoms with Crippen LogP contribution in [0.25, 0.3) is 0 Å². The number of likely N-dealkylation sites (N-methyl/N-ethyl adjacent to an activating group) is 1. The van der Waals surface area contributed by atoms with Gasteiger partial charge in [0.2, 0.25) is 6.10 Å². The Morgan fingerprint density at radius 2 is 1.65 bits per heavy atom. The largest absolute Gasteiger partial charge is 0.465 e. The van der Waals surface area contributed by atoms with E-state index in [0.29, 0.717) is 0 Å². The second kappa shape index (κ2) is 7.67. The zero-order chi connectivity index (χ0) is 16.0. The van der Waals surface area contributed by atoms with Crippen molar-refractivity contribution in [3.8, 4) is 0 Å². The Balaban J connectivity index is 4.47. The fraction of sp³-hybridized carbons (Fsp3) is 0.900. The lowest BCUT2D eigenvalue weighted by atomic mass is 10.2. The molecule has 0 bridgehead atoms. The molecule has 120 valence electrons. The van der Waals surface area contributed by atoms with Crippen LogP contribution in [0.15, 0.2) is 0 Å². The Kier molecular flexibility index (Phi) is 7.28. The lowest BCUT2D eigenvalue weighted by Gasteiger charge is -2.24. The SMILES string of the molecule is CCOC(=O)C(CCOC(C(F)(F)F)C(F)(F)F)NC. The van der Waals surface area contributed by atoms with Gasteiger partial charge in [0.25, 0.3) is 0 Å². The number of carbonyl (C=O) groups excluding carboxylic acids is 1. The molecule has 10 heteroatoms. The van der Waals surface area contributed by atoms with E-state index in [0.717, 1.165) is 0 Å². The summed E-state index contributed by atoms with van der Waals surface area (Å²) in [5.74, 6) is -0.769. The van der Waals surface area contributed by atoms with E-state index in [4.69, 9.17) is 0 Å². The van der Waals surface area contributed by atoms with Crippen LogP contribution in [0.1, 0.15) is 13.3 Å². The van der Waals surface area contributed by atoms with Crippen LogP contribution >= 0.6 is 0 Å². The van der Waals surface area contributed by atoms with Gasteiger partial charge in [-0.1, -0.05) is 0 Å². The van der Waals surface area contributed by atoms with E-state index in [9.17, 15) is 31.1 Å². The molecule has 20 heavy (non-hydrogen) atoms. The van der Waals surface area contributed by atoms with Gasteiger partial charge in [0.15, 0.2) is 0 Å². The molecule has 4 nitrogen and oxygen atoms in total. The molecule has 0 aromatic rings. The first-order chi connectivity index (χ1) is 9.04. The summed E-state index contributed by atoms with van der Waals surface area (Å²) >= 11 is 0. The highest BCUT2D eigenvalue weighted by molar-refractivity contribution is 5.75. The molecule has 1 unspecified atom stereocenters. The summed E-state index contributed by atoms with van der Waals surface area (Å²) in [5, 5.41) is 2.42. The molecule has 1 N–H and O–H groups in total. The van der Waals surface area contributed by atoms with Crippen molar-refractivity contribution >= 4 is 5.97 Å². The molecule has 0 aliphatic rings. The molecular weight excluding hydrogens is 296 g/mol. The minimum absolute atomic E-state index is 0.0472. The van der Waals surface area contributed by atoms with Crippen LogP contribution in [0, 0.1) is 0 Å². The van der Waals surface area contributed by atoms with Crippen molar-refractivity contribution in [2.45, 2.75) is 37.8 Å². The van der Waals surface area contributed by atoms with Gasteiger partial charge in [-0.25, -0.2) is 0 Å². The summed E-state index contributed by atoms with van der Waals surface area (Å²) in [6.07, 6.45) is -15.4. The molecule has 0 spiro atoms. The summed E-state index contributed by atoms with van der Waals surface area (Å²) < 4.78 is 81.3. The van der Waals surface area contributed by atoms with Gasteiger partial charge < -0.3 is 14.8 Å². The monoisotopic (exact) mass is 311 g/mol. The number of carbonyl (C=O) groups is 1. The van der Waals surface area contributed by atoms with Crippen LogP contribution in [-0.2, 0) is 14.3 Å². The Labute approximate surface area is 111 Å². The van der Waals surface area contributed by atoms with Crippen LogP contribution in [0.3, 0.4) is 0 Å². The zero-order valence-corrected chi connectivity index (χ0v) is 10.8. The van der Waals surface area contributed by atoms with Gasteiger partial charge in [-0.15, -0.1) is 0 Å². The quantitative estimate of drug-likeness (QED) is 0.577. The summed E-state index contributed by atoms with van der Waals surface area (Å²) in [6.45, 7) is 0.671. The average molecular weight is 311 g/mol. The molecule has 0 fully saturated rings. The maximum Gasteiger partial charge on any atom is 0.423 e. The van der Waals surface area contributed by atoms with Gasteiger partial charge in [-0.05, 0) is 20.4 Å². The number of alkyl halides is 6. The normalized spacial score (nSPS) is 14.4. The molecule has 0 amide bonds. The van der Waals surface area contributed by atoms with Crippen LogP contribution in [0.4, 0.5) is 26.3 Å². The van der Waals surface area contributed by atoms with Gasteiger partial charge in [0.05, 0.1) is 6.61 Å². The number of hydrogen-bond acceptors (Lipinski definition) is 4. The van der Waals surface area contributed by atoms with Crippen molar-refractivity contribution in [3.05, 3.63) is 0 Å². The second-order valence-corrected chi connectivity index (χ2v) is 3.72. The maximum atomic E-state index is 12.1. The minimum atomic E-state index is -5.56. The van der Waals surface area contributed by atoms with E-state index < -0.39 is 37.1 Å². The van der Waals surface area contributed by atoms with E-state index in [2.05, 4.69) is 14.8 Å². The highest BCUT2D eigenvalue weighted by atomic mass is 19.4. The third-order valence-corrected chi connectivity index (χ3v) is 2.21. The number of ether oxygens (including phenoxy) is 2. The molecular formula is C10H15F6NO3. The first-order valence-corrected chi connectivity index (χ1v) is 5.63. The van der Waals surface area contributed by atoms with Gasteiger partial charge in [0.1, 0.15) is 6.04 Å². The van der Waals surface area contributed by atoms with Crippen molar-refractivity contribution < 1.29 is 40.6 Å². The van der Waals surface area contributed by atoms with Crippen molar-refractivity contribution in [2.75, 3.05) is 20.3 Å². The Morgan fingerprint density at radius 1 is 1.15 bits per heavy atom. The number of nitrogens with one attached hydrogen (secondary N) is 1. The Morgan fingerprint density at radius 3 is 2.00 bits per heavy atom. The smallest absolute Gasteiger partial charge is 0.423 e. The molecule has 1 atom stereocenters. The third-order valence-electron chi connectivity index (χ3n) is 2.21. The number of esters is 1.